The standard InChI is InChI=1S/C15H19ClN4OS/c1-3-4-13-18-19-15(22)20(13)9-14(21)17-10(2)11-5-7-12(16)8-6-11/h5-8,10H,3-4,9H2,1-2H3,(H,17,21)(H,19,22). The first-order chi connectivity index (χ1) is 10.5. The van der Waals surface area contributed by atoms with Gasteiger partial charge in [0, 0.05) is 11.4 Å². The number of benzene rings is 1. The van der Waals surface area contributed by atoms with Gasteiger partial charge >= 0.3 is 0 Å². The van der Waals surface area contributed by atoms with Gasteiger partial charge in [-0.1, -0.05) is 30.7 Å². The SMILES string of the molecule is CCCc1n[nH]c(=S)n1CC(=O)NC(C)c1ccc(Cl)cc1. The first-order valence-electron chi connectivity index (χ1n) is 7.20. The zero-order valence-corrected chi connectivity index (χ0v) is 14.2. The molecule has 0 aliphatic rings. The third kappa shape index (κ3) is 4.18. The fraction of sp³-hybridized carbons (Fsp3) is 0.400. The van der Waals surface area contributed by atoms with Crippen molar-refractivity contribution in [3.63, 3.8) is 0 Å². The van der Waals surface area contributed by atoms with E-state index >= 15 is 0 Å². The van der Waals surface area contributed by atoms with Crippen molar-refractivity contribution in [2.45, 2.75) is 39.3 Å². The number of hydrogen-bond acceptors (Lipinski definition) is 3. The molecule has 0 fully saturated rings. The molecule has 0 spiro atoms. The van der Waals surface area contributed by atoms with Gasteiger partial charge in [-0.25, -0.2) is 0 Å². The molecular formula is C15H19ClN4OS. The monoisotopic (exact) mass is 338 g/mol. The van der Waals surface area contributed by atoms with E-state index in [1.54, 1.807) is 4.57 Å². The maximum Gasteiger partial charge on any atom is 0.240 e. The van der Waals surface area contributed by atoms with Crippen molar-refractivity contribution < 1.29 is 4.79 Å². The van der Waals surface area contributed by atoms with Crippen LogP contribution in [0.25, 0.3) is 0 Å². The average Bonchev–Trinajstić information content (AvgIpc) is 2.81. The van der Waals surface area contributed by atoms with Crippen molar-refractivity contribution >= 4 is 29.7 Å². The van der Waals surface area contributed by atoms with E-state index in [0.29, 0.717) is 9.79 Å². The molecule has 0 radical (unpaired) electrons. The van der Waals surface area contributed by atoms with Gasteiger partial charge in [-0.2, -0.15) is 5.10 Å². The maximum atomic E-state index is 12.2. The van der Waals surface area contributed by atoms with E-state index < -0.39 is 0 Å². The van der Waals surface area contributed by atoms with Crippen LogP contribution in [-0.2, 0) is 17.8 Å². The summed E-state index contributed by atoms with van der Waals surface area (Å²) in [5.41, 5.74) is 1.00. The number of H-pyrrole nitrogens is 1. The molecule has 1 atom stereocenters. The van der Waals surface area contributed by atoms with Gasteiger partial charge in [-0.3, -0.25) is 14.5 Å². The number of carbonyl (C=O) groups excluding carboxylic acids is 1. The molecule has 1 heterocycles. The Morgan fingerprint density at radius 3 is 2.77 bits per heavy atom. The van der Waals surface area contributed by atoms with E-state index in [9.17, 15) is 4.79 Å². The lowest BCUT2D eigenvalue weighted by Gasteiger charge is -2.15. The second-order valence-corrected chi connectivity index (χ2v) is 5.95. The Labute approximate surface area is 139 Å². The summed E-state index contributed by atoms with van der Waals surface area (Å²) in [6.07, 6.45) is 1.73. The highest BCUT2D eigenvalue weighted by atomic mass is 35.5. The number of rotatable bonds is 6. The number of carbonyl (C=O) groups is 1. The molecule has 1 aromatic carbocycles. The molecule has 0 saturated heterocycles. The van der Waals surface area contributed by atoms with Crippen LogP contribution in [0.5, 0.6) is 0 Å². The summed E-state index contributed by atoms with van der Waals surface area (Å²) in [4.78, 5) is 12.2. The fourth-order valence-electron chi connectivity index (χ4n) is 2.19. The molecule has 2 aromatic rings. The minimum Gasteiger partial charge on any atom is -0.348 e. The van der Waals surface area contributed by atoms with Gasteiger partial charge < -0.3 is 5.32 Å². The molecule has 1 aromatic heterocycles. The van der Waals surface area contributed by atoms with E-state index in [1.165, 1.54) is 0 Å². The first kappa shape index (κ1) is 16.7. The molecule has 1 amide bonds. The van der Waals surface area contributed by atoms with Gasteiger partial charge in [0.05, 0.1) is 6.04 Å². The zero-order chi connectivity index (χ0) is 16.1. The predicted molar refractivity (Wildman–Crippen MR) is 89.4 cm³/mol. The van der Waals surface area contributed by atoms with Crippen LogP contribution < -0.4 is 5.32 Å². The smallest absolute Gasteiger partial charge is 0.240 e. The normalized spacial score (nSPS) is 12.1. The van der Waals surface area contributed by atoms with E-state index in [-0.39, 0.29) is 18.5 Å². The molecule has 0 aliphatic heterocycles. The number of amides is 1. The van der Waals surface area contributed by atoms with Crippen molar-refractivity contribution in [1.29, 1.82) is 0 Å². The number of halogens is 1. The Morgan fingerprint density at radius 1 is 1.45 bits per heavy atom. The number of hydrogen-bond donors (Lipinski definition) is 2. The number of aryl methyl sites for hydroxylation is 1. The molecule has 22 heavy (non-hydrogen) atoms. The average molecular weight is 339 g/mol. The summed E-state index contributed by atoms with van der Waals surface area (Å²) < 4.78 is 2.21. The lowest BCUT2D eigenvalue weighted by Crippen LogP contribution is -2.30. The van der Waals surface area contributed by atoms with E-state index in [0.717, 1.165) is 24.2 Å². The largest absolute Gasteiger partial charge is 0.348 e. The summed E-state index contributed by atoms with van der Waals surface area (Å²) in [7, 11) is 0. The minimum absolute atomic E-state index is 0.0968. The highest BCUT2D eigenvalue weighted by molar-refractivity contribution is 7.71. The first-order valence-corrected chi connectivity index (χ1v) is 7.98. The Hall–Kier alpha value is -1.66. The molecular weight excluding hydrogens is 320 g/mol. The third-order valence-electron chi connectivity index (χ3n) is 3.36. The Balaban J connectivity index is 2.02. The summed E-state index contributed by atoms with van der Waals surface area (Å²) in [6, 6.07) is 7.33. The van der Waals surface area contributed by atoms with Crippen LogP contribution in [0, 0.1) is 4.77 Å². The zero-order valence-electron chi connectivity index (χ0n) is 12.6. The minimum atomic E-state index is -0.0997. The van der Waals surface area contributed by atoms with Crippen molar-refractivity contribution in [2.24, 2.45) is 0 Å². The second kappa shape index (κ2) is 7.56. The molecule has 118 valence electrons. The number of nitrogens with one attached hydrogen (secondary N) is 2. The molecule has 2 rings (SSSR count). The topological polar surface area (TPSA) is 62.7 Å². The fourth-order valence-corrected chi connectivity index (χ4v) is 2.53. The second-order valence-electron chi connectivity index (χ2n) is 5.12. The molecule has 5 nitrogen and oxygen atoms in total. The van der Waals surface area contributed by atoms with Gasteiger partial charge in [0.25, 0.3) is 0 Å². The van der Waals surface area contributed by atoms with Crippen LogP contribution in [-0.4, -0.2) is 20.7 Å². The van der Waals surface area contributed by atoms with E-state index in [1.807, 2.05) is 31.2 Å². The lowest BCUT2D eigenvalue weighted by molar-refractivity contribution is -0.122. The van der Waals surface area contributed by atoms with Crippen LogP contribution in [0.15, 0.2) is 24.3 Å². The van der Waals surface area contributed by atoms with Crippen molar-refractivity contribution in [3.05, 3.63) is 45.4 Å². The summed E-state index contributed by atoms with van der Waals surface area (Å²) in [5.74, 6) is 0.707. The maximum absolute atomic E-state index is 12.2. The van der Waals surface area contributed by atoms with Gasteiger partial charge in [-0.15, -0.1) is 0 Å². The van der Waals surface area contributed by atoms with Gasteiger partial charge in [0.2, 0.25) is 5.91 Å². The summed E-state index contributed by atoms with van der Waals surface area (Å²) in [5, 5.41) is 10.5. The molecule has 0 saturated carbocycles. The van der Waals surface area contributed by atoms with Gasteiger partial charge in [-0.05, 0) is 43.3 Å². The Morgan fingerprint density at radius 2 is 2.14 bits per heavy atom. The Bertz CT molecular complexity index is 692. The molecule has 0 aliphatic carbocycles. The van der Waals surface area contributed by atoms with Crippen LogP contribution in [0.2, 0.25) is 5.02 Å². The van der Waals surface area contributed by atoms with Crippen molar-refractivity contribution in [3.8, 4) is 0 Å². The van der Waals surface area contributed by atoms with Crippen molar-refractivity contribution in [2.75, 3.05) is 0 Å². The number of nitrogens with zero attached hydrogens (tertiary/aromatic N) is 2. The third-order valence-corrected chi connectivity index (χ3v) is 3.92. The van der Waals surface area contributed by atoms with Gasteiger partial charge in [0.1, 0.15) is 12.4 Å². The van der Waals surface area contributed by atoms with Crippen LogP contribution in [0.4, 0.5) is 0 Å². The van der Waals surface area contributed by atoms with Crippen molar-refractivity contribution in [1.82, 2.24) is 20.1 Å². The van der Waals surface area contributed by atoms with Gasteiger partial charge in [0.15, 0.2) is 4.77 Å². The predicted octanol–water partition coefficient (Wildman–Crippen LogP) is 3.42. The highest BCUT2D eigenvalue weighted by Gasteiger charge is 2.13. The summed E-state index contributed by atoms with van der Waals surface area (Å²) in [6.45, 7) is 4.16. The molecule has 7 heteroatoms. The molecule has 0 bridgehead atoms. The molecule has 2 N–H and O–H groups in total. The van der Waals surface area contributed by atoms with Crippen LogP contribution in [0.1, 0.15) is 37.7 Å². The number of aromatic nitrogens is 3. The van der Waals surface area contributed by atoms with Crippen LogP contribution in [0.3, 0.4) is 0 Å². The van der Waals surface area contributed by atoms with E-state index in [2.05, 4.69) is 22.4 Å². The summed E-state index contributed by atoms with van der Waals surface area (Å²) >= 11 is 11.0. The highest BCUT2D eigenvalue weighted by Crippen LogP contribution is 2.16. The lowest BCUT2D eigenvalue weighted by atomic mass is 10.1. The van der Waals surface area contributed by atoms with E-state index in [4.69, 9.17) is 23.8 Å². The Kier molecular flexibility index (Phi) is 5.74. The number of aromatic amines is 1. The van der Waals surface area contributed by atoms with Crippen LogP contribution >= 0.6 is 23.8 Å². The quantitative estimate of drug-likeness (QED) is 0.793. The molecule has 1 unspecified atom stereocenters.